The van der Waals surface area contributed by atoms with Crippen molar-refractivity contribution in [3.8, 4) is 0 Å². The summed E-state index contributed by atoms with van der Waals surface area (Å²) in [7, 11) is 0. The molecule has 1 heterocycles. The summed E-state index contributed by atoms with van der Waals surface area (Å²) in [5, 5.41) is 18.1. The number of furan rings is 1. The highest BCUT2D eigenvalue weighted by Gasteiger charge is 2.33. The number of aliphatic hydroxyl groups excluding tert-OH is 1. The molecule has 0 spiro atoms. The lowest BCUT2D eigenvalue weighted by molar-refractivity contribution is 0.0647. The second-order valence-corrected chi connectivity index (χ2v) is 3.29. The summed E-state index contributed by atoms with van der Waals surface area (Å²) < 4.78 is 4.96. The number of aromatic carboxylic acids is 1. The molecular formula is C9H10O4. The van der Waals surface area contributed by atoms with Crippen LogP contribution in [0.15, 0.2) is 16.5 Å². The molecular weight excluding hydrogens is 172 g/mol. The van der Waals surface area contributed by atoms with Gasteiger partial charge in [-0.3, -0.25) is 0 Å². The number of carbonyl (C=O) groups is 1. The van der Waals surface area contributed by atoms with Gasteiger partial charge in [0.1, 0.15) is 11.9 Å². The number of hydrogen-bond donors (Lipinski definition) is 2. The molecule has 1 aromatic rings. The molecule has 1 fully saturated rings. The Bertz CT molecular complexity index is 324. The summed E-state index contributed by atoms with van der Waals surface area (Å²) in [5.74, 6) is -0.600. The molecule has 1 saturated carbocycles. The average Bonchev–Trinajstić information content (AvgIpc) is 2.81. The fourth-order valence-corrected chi connectivity index (χ4v) is 1.27. The minimum Gasteiger partial charge on any atom is -0.475 e. The third-order valence-corrected chi connectivity index (χ3v) is 2.20. The predicted octanol–water partition coefficient (Wildman–Crippen LogP) is 1.42. The molecule has 13 heavy (non-hydrogen) atoms. The Morgan fingerprint density at radius 3 is 2.69 bits per heavy atom. The first-order valence-corrected chi connectivity index (χ1v) is 4.19. The summed E-state index contributed by atoms with van der Waals surface area (Å²) in [6.07, 6.45) is 1.35. The lowest BCUT2D eigenvalue weighted by Gasteiger charge is -2.03. The smallest absolute Gasteiger partial charge is 0.371 e. The molecule has 0 aliphatic heterocycles. The van der Waals surface area contributed by atoms with E-state index in [4.69, 9.17) is 9.52 Å². The van der Waals surface area contributed by atoms with Crippen molar-refractivity contribution in [1.29, 1.82) is 0 Å². The van der Waals surface area contributed by atoms with E-state index in [1.165, 1.54) is 12.1 Å². The van der Waals surface area contributed by atoms with Crippen LogP contribution >= 0.6 is 0 Å². The van der Waals surface area contributed by atoms with Crippen LogP contribution in [0.1, 0.15) is 35.3 Å². The van der Waals surface area contributed by atoms with Gasteiger partial charge >= 0.3 is 5.97 Å². The third-order valence-electron chi connectivity index (χ3n) is 2.20. The van der Waals surface area contributed by atoms with Crippen molar-refractivity contribution in [3.63, 3.8) is 0 Å². The summed E-state index contributed by atoms with van der Waals surface area (Å²) in [6, 6.07) is 2.88. The fourth-order valence-electron chi connectivity index (χ4n) is 1.27. The maximum atomic E-state index is 10.4. The normalized spacial score (nSPS) is 18.5. The van der Waals surface area contributed by atoms with E-state index < -0.39 is 12.1 Å². The molecule has 1 aliphatic rings. The Balaban J connectivity index is 2.16. The van der Waals surface area contributed by atoms with Gasteiger partial charge in [-0.15, -0.1) is 0 Å². The van der Waals surface area contributed by atoms with Crippen LogP contribution in [0, 0.1) is 5.92 Å². The van der Waals surface area contributed by atoms with Crippen LogP contribution in [-0.4, -0.2) is 16.2 Å². The molecule has 2 N–H and O–H groups in total. The first-order chi connectivity index (χ1) is 6.18. The summed E-state index contributed by atoms with van der Waals surface area (Å²) in [4.78, 5) is 10.4. The van der Waals surface area contributed by atoms with E-state index in [9.17, 15) is 9.90 Å². The minimum atomic E-state index is -1.10. The van der Waals surface area contributed by atoms with Gasteiger partial charge in [-0.2, -0.15) is 0 Å². The van der Waals surface area contributed by atoms with Gasteiger partial charge in [0, 0.05) is 0 Å². The van der Waals surface area contributed by atoms with Crippen LogP contribution in [0.2, 0.25) is 0 Å². The van der Waals surface area contributed by atoms with Crippen molar-refractivity contribution in [2.24, 2.45) is 5.92 Å². The Labute approximate surface area is 74.8 Å². The van der Waals surface area contributed by atoms with Crippen LogP contribution in [0.3, 0.4) is 0 Å². The Morgan fingerprint density at radius 1 is 1.54 bits per heavy atom. The molecule has 1 unspecified atom stereocenters. The number of hydrogen-bond acceptors (Lipinski definition) is 3. The van der Waals surface area contributed by atoms with E-state index in [0.717, 1.165) is 12.8 Å². The molecule has 0 aromatic carbocycles. The zero-order valence-corrected chi connectivity index (χ0v) is 6.93. The Morgan fingerprint density at radius 2 is 2.23 bits per heavy atom. The van der Waals surface area contributed by atoms with Gasteiger partial charge in [-0.1, -0.05) is 0 Å². The van der Waals surface area contributed by atoms with Gasteiger partial charge in [0.2, 0.25) is 5.76 Å². The predicted molar refractivity (Wildman–Crippen MR) is 43.4 cm³/mol. The highest BCUT2D eigenvalue weighted by atomic mass is 16.4. The van der Waals surface area contributed by atoms with E-state index in [2.05, 4.69) is 0 Å². The van der Waals surface area contributed by atoms with Crippen LogP contribution in [0.5, 0.6) is 0 Å². The highest BCUT2D eigenvalue weighted by molar-refractivity contribution is 5.84. The van der Waals surface area contributed by atoms with E-state index in [-0.39, 0.29) is 11.7 Å². The number of aliphatic hydroxyl groups is 1. The largest absolute Gasteiger partial charge is 0.475 e. The second kappa shape index (κ2) is 2.88. The van der Waals surface area contributed by atoms with E-state index in [1.807, 2.05) is 0 Å². The number of carboxylic acid groups (broad SMARTS) is 1. The first-order valence-electron chi connectivity index (χ1n) is 4.19. The molecule has 0 saturated heterocycles. The molecule has 0 amide bonds. The molecule has 0 radical (unpaired) electrons. The molecule has 1 aromatic heterocycles. The minimum absolute atomic E-state index is 0.116. The fraction of sp³-hybridized carbons (Fsp3) is 0.444. The summed E-state index contributed by atoms with van der Waals surface area (Å²) in [5.41, 5.74) is 0. The lowest BCUT2D eigenvalue weighted by Crippen LogP contribution is -1.98. The van der Waals surface area contributed by atoms with Crippen LogP contribution < -0.4 is 0 Å². The van der Waals surface area contributed by atoms with Crippen molar-refractivity contribution < 1.29 is 19.4 Å². The van der Waals surface area contributed by atoms with E-state index in [0.29, 0.717) is 5.76 Å². The Kier molecular flexibility index (Phi) is 1.84. The van der Waals surface area contributed by atoms with Gasteiger partial charge in [-0.25, -0.2) is 4.79 Å². The standard InChI is InChI=1S/C9H10O4/c10-8(5-1-2-5)6-3-4-7(13-6)9(11)12/h3-5,8,10H,1-2H2,(H,11,12). The molecule has 70 valence electrons. The number of carboxylic acids is 1. The monoisotopic (exact) mass is 182 g/mol. The average molecular weight is 182 g/mol. The topological polar surface area (TPSA) is 70.7 Å². The van der Waals surface area contributed by atoms with Crippen LogP contribution in [0.4, 0.5) is 0 Å². The van der Waals surface area contributed by atoms with Crippen molar-refractivity contribution in [2.45, 2.75) is 18.9 Å². The molecule has 0 bridgehead atoms. The maximum Gasteiger partial charge on any atom is 0.371 e. The first kappa shape index (κ1) is 8.31. The summed E-state index contributed by atoms with van der Waals surface area (Å²) in [6.45, 7) is 0. The van der Waals surface area contributed by atoms with Crippen molar-refractivity contribution in [2.75, 3.05) is 0 Å². The SMILES string of the molecule is O=C(O)c1ccc(C(O)C2CC2)o1. The van der Waals surface area contributed by atoms with Crippen molar-refractivity contribution >= 4 is 5.97 Å². The van der Waals surface area contributed by atoms with Crippen LogP contribution in [0.25, 0.3) is 0 Å². The van der Waals surface area contributed by atoms with Gasteiger partial charge in [-0.05, 0) is 30.9 Å². The van der Waals surface area contributed by atoms with Gasteiger partial charge in [0.15, 0.2) is 0 Å². The molecule has 4 heteroatoms. The third kappa shape index (κ3) is 1.58. The van der Waals surface area contributed by atoms with E-state index in [1.54, 1.807) is 0 Å². The Hall–Kier alpha value is -1.29. The van der Waals surface area contributed by atoms with Crippen LogP contribution in [-0.2, 0) is 0 Å². The van der Waals surface area contributed by atoms with Gasteiger partial charge < -0.3 is 14.6 Å². The molecule has 1 atom stereocenters. The maximum absolute atomic E-state index is 10.4. The van der Waals surface area contributed by atoms with E-state index >= 15 is 0 Å². The quantitative estimate of drug-likeness (QED) is 0.741. The highest BCUT2D eigenvalue weighted by Crippen LogP contribution is 2.41. The molecule has 1 aliphatic carbocycles. The summed E-state index contributed by atoms with van der Waals surface area (Å²) >= 11 is 0. The van der Waals surface area contributed by atoms with Gasteiger partial charge in [0.05, 0.1) is 0 Å². The zero-order chi connectivity index (χ0) is 9.42. The molecule has 4 nitrogen and oxygen atoms in total. The second-order valence-electron chi connectivity index (χ2n) is 3.29. The number of rotatable bonds is 3. The zero-order valence-electron chi connectivity index (χ0n) is 6.93. The molecule has 2 rings (SSSR count). The van der Waals surface area contributed by atoms with Gasteiger partial charge in [0.25, 0.3) is 0 Å². The van der Waals surface area contributed by atoms with Crippen molar-refractivity contribution in [1.82, 2.24) is 0 Å². The van der Waals surface area contributed by atoms with Crippen molar-refractivity contribution in [3.05, 3.63) is 23.7 Å². The lowest BCUT2D eigenvalue weighted by atomic mass is 10.2.